The highest BCUT2D eigenvalue weighted by molar-refractivity contribution is 5.84. The zero-order valence-corrected chi connectivity index (χ0v) is 21.3. The van der Waals surface area contributed by atoms with Gasteiger partial charge < -0.3 is 26.4 Å². The number of unbranched alkanes of at least 4 members (excludes halogenated alkanes) is 1. The Morgan fingerprint density at radius 1 is 1.25 bits per heavy atom. The highest BCUT2D eigenvalue weighted by Gasteiger charge is 2.33. The monoisotopic (exact) mass is 496 g/mol. The Hall–Kier alpha value is -2.75. The number of carbonyl (C=O) groups excluding carboxylic acids is 2. The van der Waals surface area contributed by atoms with Gasteiger partial charge in [0, 0.05) is 50.1 Å². The fourth-order valence-electron chi connectivity index (χ4n) is 5.09. The minimum Gasteiger partial charge on any atom is -0.490 e. The van der Waals surface area contributed by atoms with E-state index < -0.39 is 6.04 Å². The van der Waals surface area contributed by atoms with Crippen LogP contribution in [0.25, 0.3) is 10.9 Å². The van der Waals surface area contributed by atoms with Gasteiger partial charge in [-0.25, -0.2) is 4.98 Å². The largest absolute Gasteiger partial charge is 0.490 e. The minimum atomic E-state index is -0.397. The van der Waals surface area contributed by atoms with E-state index in [1.807, 2.05) is 30.3 Å². The third-order valence-corrected chi connectivity index (χ3v) is 7.12. The maximum atomic E-state index is 12.4. The summed E-state index contributed by atoms with van der Waals surface area (Å²) < 4.78 is 6.36. The first kappa shape index (κ1) is 26.3. The third kappa shape index (κ3) is 7.15. The molecule has 36 heavy (non-hydrogen) atoms. The average molecular weight is 497 g/mol. The number of hydrogen-bond acceptors (Lipinski definition) is 7. The number of ether oxygens (including phenoxy) is 1. The quantitative estimate of drug-likeness (QED) is 0.497. The van der Waals surface area contributed by atoms with E-state index in [0.29, 0.717) is 26.0 Å². The number of amides is 2. The van der Waals surface area contributed by atoms with E-state index in [-0.39, 0.29) is 23.9 Å². The lowest BCUT2D eigenvalue weighted by molar-refractivity contribution is -0.122. The molecule has 2 amide bonds. The molecule has 5 N–H and O–H groups in total. The first-order chi connectivity index (χ1) is 17.5. The van der Waals surface area contributed by atoms with Crippen molar-refractivity contribution >= 4 is 22.7 Å². The van der Waals surface area contributed by atoms with Gasteiger partial charge in [-0.05, 0) is 44.4 Å². The highest BCUT2D eigenvalue weighted by Crippen LogP contribution is 2.26. The molecule has 2 aliphatic heterocycles. The highest BCUT2D eigenvalue weighted by atomic mass is 16.5. The summed E-state index contributed by atoms with van der Waals surface area (Å²) in [4.78, 5) is 31.6. The summed E-state index contributed by atoms with van der Waals surface area (Å²) in [5.74, 6) is 0.544. The molecule has 2 bridgehead atoms. The predicted octanol–water partition coefficient (Wildman–Crippen LogP) is 1.69. The number of nitrogens with two attached hydrogens (primary N) is 1. The lowest BCUT2D eigenvalue weighted by Gasteiger charge is -2.24. The van der Waals surface area contributed by atoms with Gasteiger partial charge >= 0.3 is 0 Å². The van der Waals surface area contributed by atoms with Crippen molar-refractivity contribution in [3.05, 3.63) is 36.0 Å². The number of nitrogens with one attached hydrogen (secondary N) is 3. The van der Waals surface area contributed by atoms with Crippen LogP contribution < -0.4 is 26.4 Å². The van der Waals surface area contributed by atoms with Crippen molar-refractivity contribution in [2.75, 3.05) is 32.8 Å². The fraction of sp³-hybridized carbons (Fsp3) is 0.593. The van der Waals surface area contributed by atoms with Crippen molar-refractivity contribution in [2.45, 2.75) is 70.1 Å². The van der Waals surface area contributed by atoms with Crippen molar-refractivity contribution in [1.29, 1.82) is 0 Å². The summed E-state index contributed by atoms with van der Waals surface area (Å²) in [7, 11) is 0. The van der Waals surface area contributed by atoms with Gasteiger partial charge in [0.25, 0.3) is 0 Å². The van der Waals surface area contributed by atoms with E-state index >= 15 is 0 Å². The van der Waals surface area contributed by atoms with E-state index in [4.69, 9.17) is 15.5 Å². The smallest absolute Gasteiger partial charge is 0.234 e. The van der Waals surface area contributed by atoms with Crippen LogP contribution in [-0.2, 0) is 16.1 Å². The molecule has 0 saturated carbocycles. The van der Waals surface area contributed by atoms with Crippen LogP contribution in [0.3, 0.4) is 0 Å². The van der Waals surface area contributed by atoms with Gasteiger partial charge in [0.15, 0.2) is 0 Å². The molecule has 3 unspecified atom stereocenters. The molecule has 1 saturated heterocycles. The van der Waals surface area contributed by atoms with Crippen LogP contribution in [0, 0.1) is 0 Å². The van der Waals surface area contributed by atoms with E-state index in [1.165, 1.54) is 0 Å². The number of hydrogen-bond donors (Lipinski definition) is 4. The molecule has 0 aliphatic carbocycles. The molecule has 9 heteroatoms. The Kier molecular flexibility index (Phi) is 9.49. The van der Waals surface area contributed by atoms with Crippen LogP contribution >= 0.6 is 0 Å². The molecule has 4 rings (SSSR count). The standard InChI is InChI=1S/C27H40N6O3/c1-2-3-9-25(34)31-21-15-22-18-36-24-8-4-6-19-10-11-20(32-26(19)24)16-30-23(27(28)35)7-5-12-29-13-14-33(22)17-21/h4,6,8,10-11,21-23,29-30H,2-3,5,7,9,12-18H2,1H3,(H2,28,35)(H,31,34). The number of nitrogens with zero attached hydrogens (tertiary/aromatic N) is 2. The average Bonchev–Trinajstić information content (AvgIpc) is 3.25. The number of primary amides is 1. The molecule has 1 fully saturated rings. The van der Waals surface area contributed by atoms with Crippen LogP contribution in [0.5, 0.6) is 5.75 Å². The number of benzene rings is 1. The van der Waals surface area contributed by atoms with Gasteiger partial charge in [-0.2, -0.15) is 0 Å². The SMILES string of the molecule is CCCCC(=O)NC1CC2COc3cccc4ccc(nc34)CNC(C(N)=O)CCCNCCN2C1. The van der Waals surface area contributed by atoms with Gasteiger partial charge in [-0.1, -0.05) is 31.5 Å². The number of carbonyl (C=O) groups is 2. The molecule has 9 nitrogen and oxygen atoms in total. The second-order valence-electron chi connectivity index (χ2n) is 9.92. The zero-order valence-electron chi connectivity index (χ0n) is 21.3. The Labute approximate surface area is 213 Å². The van der Waals surface area contributed by atoms with Gasteiger partial charge in [0.1, 0.15) is 17.9 Å². The molecule has 196 valence electrons. The van der Waals surface area contributed by atoms with E-state index in [1.54, 1.807) is 0 Å². The summed E-state index contributed by atoms with van der Waals surface area (Å²) in [6.07, 6.45) is 4.90. The summed E-state index contributed by atoms with van der Waals surface area (Å²) in [5.41, 5.74) is 7.29. The number of para-hydroxylation sites is 1. The Balaban J connectivity index is 1.51. The van der Waals surface area contributed by atoms with Crippen LogP contribution in [0.1, 0.15) is 51.1 Å². The maximum Gasteiger partial charge on any atom is 0.234 e. The number of pyridine rings is 1. The van der Waals surface area contributed by atoms with Crippen LogP contribution in [-0.4, -0.2) is 72.6 Å². The van der Waals surface area contributed by atoms with E-state index in [2.05, 4.69) is 27.8 Å². The molecule has 2 aromatic rings. The molecule has 1 aromatic heterocycles. The summed E-state index contributed by atoms with van der Waals surface area (Å²) in [6.45, 7) is 6.43. The molecular formula is C27H40N6O3. The van der Waals surface area contributed by atoms with Gasteiger partial charge in [0.05, 0.1) is 11.7 Å². The normalized spacial score (nSPS) is 24.1. The number of aromatic nitrogens is 1. The Bertz CT molecular complexity index is 1030. The van der Waals surface area contributed by atoms with Crippen LogP contribution in [0.4, 0.5) is 0 Å². The topological polar surface area (TPSA) is 122 Å². The Morgan fingerprint density at radius 2 is 2.14 bits per heavy atom. The minimum absolute atomic E-state index is 0.133. The van der Waals surface area contributed by atoms with E-state index in [0.717, 1.165) is 74.2 Å². The predicted molar refractivity (Wildman–Crippen MR) is 141 cm³/mol. The van der Waals surface area contributed by atoms with Crippen molar-refractivity contribution in [3.8, 4) is 5.75 Å². The first-order valence-electron chi connectivity index (χ1n) is 13.3. The van der Waals surface area contributed by atoms with Gasteiger partial charge in [-0.3, -0.25) is 14.5 Å². The third-order valence-electron chi connectivity index (χ3n) is 7.12. The molecule has 3 atom stereocenters. The van der Waals surface area contributed by atoms with Crippen molar-refractivity contribution in [3.63, 3.8) is 0 Å². The molecule has 3 heterocycles. The summed E-state index contributed by atoms with van der Waals surface area (Å²) in [6, 6.07) is 9.91. The molecule has 0 radical (unpaired) electrons. The lowest BCUT2D eigenvalue weighted by atomic mass is 10.1. The first-order valence-corrected chi connectivity index (χ1v) is 13.3. The van der Waals surface area contributed by atoms with Crippen LogP contribution in [0.2, 0.25) is 0 Å². The number of rotatable bonds is 5. The summed E-state index contributed by atoms with van der Waals surface area (Å²) in [5, 5.41) is 11.0. The molecular weight excluding hydrogens is 456 g/mol. The fourth-order valence-corrected chi connectivity index (χ4v) is 5.09. The molecule has 0 spiro atoms. The van der Waals surface area contributed by atoms with E-state index in [9.17, 15) is 9.59 Å². The second-order valence-corrected chi connectivity index (χ2v) is 9.92. The number of fused-ring (bicyclic) bond motifs is 2. The maximum absolute atomic E-state index is 12.4. The van der Waals surface area contributed by atoms with Crippen molar-refractivity contribution in [1.82, 2.24) is 25.8 Å². The Morgan fingerprint density at radius 3 is 2.97 bits per heavy atom. The van der Waals surface area contributed by atoms with Crippen LogP contribution in [0.15, 0.2) is 30.3 Å². The zero-order chi connectivity index (χ0) is 25.3. The molecule has 1 aromatic carbocycles. The van der Waals surface area contributed by atoms with Crippen molar-refractivity contribution < 1.29 is 14.3 Å². The lowest BCUT2D eigenvalue weighted by Crippen LogP contribution is -2.42. The second kappa shape index (κ2) is 13.0. The molecule has 2 aliphatic rings. The van der Waals surface area contributed by atoms with Gasteiger partial charge in [0.2, 0.25) is 11.8 Å². The van der Waals surface area contributed by atoms with Crippen molar-refractivity contribution in [2.24, 2.45) is 5.73 Å². The van der Waals surface area contributed by atoms with Gasteiger partial charge in [-0.15, -0.1) is 0 Å². The summed E-state index contributed by atoms with van der Waals surface area (Å²) >= 11 is 0.